The van der Waals surface area contributed by atoms with Crippen LogP contribution in [0.25, 0.3) is 0 Å². The monoisotopic (exact) mass is 375 g/mol. The normalized spacial score (nSPS) is 11.1. The molecule has 0 aliphatic carbocycles. The zero-order valence-corrected chi connectivity index (χ0v) is 14.3. The first kappa shape index (κ1) is 18.4. The van der Waals surface area contributed by atoms with Gasteiger partial charge in [-0.3, -0.25) is 0 Å². The zero-order chi connectivity index (χ0) is 19.3. The van der Waals surface area contributed by atoms with Gasteiger partial charge in [0.1, 0.15) is 5.75 Å². The van der Waals surface area contributed by atoms with Crippen LogP contribution in [0.2, 0.25) is 0 Å². The highest BCUT2D eigenvalue weighted by molar-refractivity contribution is 5.56. The molecule has 140 valence electrons. The third-order valence-corrected chi connectivity index (χ3v) is 3.65. The van der Waals surface area contributed by atoms with Gasteiger partial charge in [0.05, 0.1) is 18.9 Å². The lowest BCUT2D eigenvalue weighted by molar-refractivity contribution is -0.137. The van der Waals surface area contributed by atoms with E-state index in [1.54, 1.807) is 7.11 Å². The van der Waals surface area contributed by atoms with Gasteiger partial charge in [-0.05, 0) is 42.0 Å². The second kappa shape index (κ2) is 7.90. The minimum Gasteiger partial charge on any atom is -0.497 e. The molecule has 27 heavy (non-hydrogen) atoms. The third kappa shape index (κ3) is 5.06. The Bertz CT molecular complexity index is 883. The standard InChI is InChI=1S/C18H16F3N5O/c1-27-15-8-2-12(3-9-15)10-22-17-25-16(11-23-26-17)24-14-6-4-13(5-7-14)18(19,20)21/h2-9,11H,10H2,1H3,(H2,22,24,25,26). The molecule has 3 aromatic rings. The molecule has 1 aromatic heterocycles. The van der Waals surface area contributed by atoms with E-state index >= 15 is 0 Å². The maximum Gasteiger partial charge on any atom is 0.416 e. The Labute approximate surface area is 153 Å². The average molecular weight is 375 g/mol. The average Bonchev–Trinajstić information content (AvgIpc) is 2.67. The van der Waals surface area contributed by atoms with E-state index in [1.165, 1.54) is 18.3 Å². The van der Waals surface area contributed by atoms with Crippen molar-refractivity contribution in [3.05, 3.63) is 65.9 Å². The summed E-state index contributed by atoms with van der Waals surface area (Å²) in [4.78, 5) is 4.25. The molecular weight excluding hydrogens is 359 g/mol. The van der Waals surface area contributed by atoms with Gasteiger partial charge in [-0.15, -0.1) is 5.10 Å². The fourth-order valence-electron chi connectivity index (χ4n) is 2.25. The number of nitrogens with one attached hydrogen (secondary N) is 2. The molecule has 0 unspecified atom stereocenters. The van der Waals surface area contributed by atoms with Crippen LogP contribution >= 0.6 is 0 Å². The second-order valence-corrected chi connectivity index (χ2v) is 5.57. The summed E-state index contributed by atoms with van der Waals surface area (Å²) in [5.74, 6) is 1.42. The van der Waals surface area contributed by atoms with Crippen molar-refractivity contribution in [3.8, 4) is 5.75 Å². The Morgan fingerprint density at radius 1 is 1.00 bits per heavy atom. The highest BCUT2D eigenvalue weighted by Gasteiger charge is 2.29. The van der Waals surface area contributed by atoms with Crippen molar-refractivity contribution in [3.63, 3.8) is 0 Å². The first-order valence-corrected chi connectivity index (χ1v) is 7.95. The lowest BCUT2D eigenvalue weighted by atomic mass is 10.2. The Morgan fingerprint density at radius 2 is 1.70 bits per heavy atom. The van der Waals surface area contributed by atoms with E-state index < -0.39 is 11.7 Å². The summed E-state index contributed by atoms with van der Waals surface area (Å²) in [6.07, 6.45) is -2.98. The highest BCUT2D eigenvalue weighted by atomic mass is 19.4. The number of aromatic nitrogens is 3. The minimum absolute atomic E-state index is 0.294. The number of ether oxygens (including phenoxy) is 1. The van der Waals surface area contributed by atoms with Gasteiger partial charge in [0.2, 0.25) is 5.95 Å². The van der Waals surface area contributed by atoms with Gasteiger partial charge < -0.3 is 15.4 Å². The van der Waals surface area contributed by atoms with Crippen LogP contribution in [-0.2, 0) is 12.7 Å². The lowest BCUT2D eigenvalue weighted by Gasteiger charge is -2.10. The Kier molecular flexibility index (Phi) is 5.39. The van der Waals surface area contributed by atoms with Crippen molar-refractivity contribution in [2.75, 3.05) is 17.7 Å². The Hall–Kier alpha value is -3.36. The molecule has 0 aliphatic heterocycles. The molecule has 0 aliphatic rings. The molecule has 2 aromatic carbocycles. The minimum atomic E-state index is -4.37. The number of benzene rings is 2. The Morgan fingerprint density at radius 3 is 2.33 bits per heavy atom. The molecule has 3 rings (SSSR count). The number of halogens is 3. The molecule has 0 amide bonds. The molecule has 0 saturated carbocycles. The van der Waals surface area contributed by atoms with Crippen LogP contribution in [0, 0.1) is 0 Å². The number of anilines is 3. The SMILES string of the molecule is COc1ccc(CNc2nncc(Nc3ccc(C(F)(F)F)cc3)n2)cc1. The van der Waals surface area contributed by atoms with Gasteiger partial charge in [0.25, 0.3) is 0 Å². The Balaban J connectivity index is 1.62. The summed E-state index contributed by atoms with van der Waals surface area (Å²) in [6, 6.07) is 12.2. The van der Waals surface area contributed by atoms with Crippen molar-refractivity contribution in [2.24, 2.45) is 0 Å². The maximum absolute atomic E-state index is 12.6. The first-order chi connectivity index (χ1) is 12.9. The molecule has 9 heteroatoms. The van der Waals surface area contributed by atoms with E-state index in [0.717, 1.165) is 23.4 Å². The van der Waals surface area contributed by atoms with Gasteiger partial charge in [-0.2, -0.15) is 23.3 Å². The zero-order valence-electron chi connectivity index (χ0n) is 14.3. The molecule has 0 fully saturated rings. The fourth-order valence-corrected chi connectivity index (χ4v) is 2.25. The molecule has 2 N–H and O–H groups in total. The summed E-state index contributed by atoms with van der Waals surface area (Å²) >= 11 is 0. The predicted octanol–water partition coefficient (Wildman–Crippen LogP) is 4.25. The number of methoxy groups -OCH3 is 1. The highest BCUT2D eigenvalue weighted by Crippen LogP contribution is 2.30. The van der Waals surface area contributed by atoms with Gasteiger partial charge in [-0.1, -0.05) is 12.1 Å². The van der Waals surface area contributed by atoms with Crippen molar-refractivity contribution >= 4 is 17.5 Å². The molecule has 1 heterocycles. The molecule has 0 saturated heterocycles. The van der Waals surface area contributed by atoms with Gasteiger partial charge in [0.15, 0.2) is 5.82 Å². The van der Waals surface area contributed by atoms with E-state index in [2.05, 4.69) is 25.8 Å². The topological polar surface area (TPSA) is 72.0 Å². The van der Waals surface area contributed by atoms with E-state index in [4.69, 9.17) is 4.74 Å². The smallest absolute Gasteiger partial charge is 0.416 e. The lowest BCUT2D eigenvalue weighted by Crippen LogP contribution is -2.07. The molecular formula is C18H16F3N5O. The number of alkyl halides is 3. The fraction of sp³-hybridized carbons (Fsp3) is 0.167. The summed E-state index contributed by atoms with van der Waals surface area (Å²) in [5, 5.41) is 13.7. The van der Waals surface area contributed by atoms with E-state index in [1.807, 2.05) is 24.3 Å². The number of nitrogens with zero attached hydrogens (tertiary/aromatic N) is 3. The summed E-state index contributed by atoms with van der Waals surface area (Å²) in [7, 11) is 1.60. The second-order valence-electron chi connectivity index (χ2n) is 5.57. The molecule has 0 atom stereocenters. The molecule has 0 radical (unpaired) electrons. The van der Waals surface area contributed by atoms with Crippen molar-refractivity contribution in [2.45, 2.75) is 12.7 Å². The summed E-state index contributed by atoms with van der Waals surface area (Å²) < 4.78 is 42.9. The predicted molar refractivity (Wildman–Crippen MR) is 94.9 cm³/mol. The maximum atomic E-state index is 12.6. The largest absolute Gasteiger partial charge is 0.497 e. The first-order valence-electron chi connectivity index (χ1n) is 7.95. The van der Waals surface area contributed by atoms with Crippen LogP contribution in [0.15, 0.2) is 54.7 Å². The third-order valence-electron chi connectivity index (χ3n) is 3.65. The summed E-state index contributed by atoms with van der Waals surface area (Å²) in [6.45, 7) is 0.482. The van der Waals surface area contributed by atoms with Crippen LogP contribution < -0.4 is 15.4 Å². The van der Waals surface area contributed by atoms with E-state index in [0.29, 0.717) is 24.0 Å². The van der Waals surface area contributed by atoms with Gasteiger partial charge in [0, 0.05) is 12.2 Å². The number of rotatable bonds is 6. The van der Waals surface area contributed by atoms with E-state index in [9.17, 15) is 13.2 Å². The quantitative estimate of drug-likeness (QED) is 0.671. The molecule has 0 spiro atoms. The van der Waals surface area contributed by atoms with Crippen molar-refractivity contribution in [1.82, 2.24) is 15.2 Å². The van der Waals surface area contributed by atoms with Crippen molar-refractivity contribution < 1.29 is 17.9 Å². The molecule has 0 bridgehead atoms. The van der Waals surface area contributed by atoms with E-state index in [-0.39, 0.29) is 0 Å². The van der Waals surface area contributed by atoms with Gasteiger partial charge >= 0.3 is 6.18 Å². The van der Waals surface area contributed by atoms with Crippen LogP contribution in [0.4, 0.5) is 30.6 Å². The number of hydrogen-bond acceptors (Lipinski definition) is 6. The van der Waals surface area contributed by atoms with Crippen LogP contribution in [-0.4, -0.2) is 22.3 Å². The van der Waals surface area contributed by atoms with Crippen LogP contribution in [0.3, 0.4) is 0 Å². The number of hydrogen-bond donors (Lipinski definition) is 2. The van der Waals surface area contributed by atoms with Crippen LogP contribution in [0.5, 0.6) is 5.75 Å². The molecule has 6 nitrogen and oxygen atoms in total. The van der Waals surface area contributed by atoms with Gasteiger partial charge in [-0.25, -0.2) is 0 Å². The van der Waals surface area contributed by atoms with Crippen molar-refractivity contribution in [1.29, 1.82) is 0 Å². The van der Waals surface area contributed by atoms with Crippen LogP contribution in [0.1, 0.15) is 11.1 Å². The summed E-state index contributed by atoms with van der Waals surface area (Å²) in [5.41, 5.74) is 0.751.